The van der Waals surface area contributed by atoms with Crippen molar-refractivity contribution in [3.8, 4) is 22.8 Å². The summed E-state index contributed by atoms with van der Waals surface area (Å²) in [6.07, 6.45) is -0.579. The fourth-order valence-corrected chi connectivity index (χ4v) is 3.78. The zero-order valence-electron chi connectivity index (χ0n) is 20.6. The Hall–Kier alpha value is -4.25. The lowest BCUT2D eigenvalue weighted by Crippen LogP contribution is -2.24. The van der Waals surface area contributed by atoms with Gasteiger partial charge in [0.25, 0.3) is 0 Å². The van der Waals surface area contributed by atoms with E-state index in [1.165, 1.54) is 40.8 Å². The predicted molar refractivity (Wildman–Crippen MR) is 146 cm³/mol. The summed E-state index contributed by atoms with van der Waals surface area (Å²) in [7, 11) is 0. The summed E-state index contributed by atoms with van der Waals surface area (Å²) in [5, 5.41) is 12.2. The van der Waals surface area contributed by atoms with E-state index in [1.807, 2.05) is 42.5 Å². The van der Waals surface area contributed by atoms with Crippen LogP contribution >= 0.6 is 12.2 Å². The molecule has 11 heteroatoms. The highest BCUT2D eigenvalue weighted by Crippen LogP contribution is 2.26. The number of halogens is 3. The Morgan fingerprint density at radius 3 is 2.47 bits per heavy atom. The van der Waals surface area contributed by atoms with E-state index in [2.05, 4.69) is 50.6 Å². The average molecular weight is 539 g/mol. The van der Waals surface area contributed by atoms with Crippen LogP contribution in [-0.2, 0) is 0 Å². The van der Waals surface area contributed by atoms with Crippen LogP contribution in [0.15, 0.2) is 84.2 Å². The summed E-state index contributed by atoms with van der Waals surface area (Å²) in [5.74, 6) is 0.566. The summed E-state index contributed by atoms with van der Waals surface area (Å²) < 4.78 is 42.4. The fraction of sp³-hybridized carbons (Fsp3) is 0.185. The molecule has 196 valence electrons. The molecule has 1 unspecified atom stereocenters. The van der Waals surface area contributed by atoms with Crippen molar-refractivity contribution in [2.24, 2.45) is 5.10 Å². The molecule has 0 saturated carbocycles. The minimum Gasteiger partial charge on any atom is -0.406 e. The summed E-state index contributed by atoms with van der Waals surface area (Å²) in [5.41, 5.74) is 7.14. The maximum absolute atomic E-state index is 12.3. The highest BCUT2D eigenvalue weighted by atomic mass is 32.1. The molecule has 0 spiro atoms. The lowest BCUT2D eigenvalue weighted by Gasteiger charge is -2.16. The number of para-hydroxylation sites is 1. The van der Waals surface area contributed by atoms with Crippen molar-refractivity contribution in [3.05, 3.63) is 90.3 Å². The van der Waals surface area contributed by atoms with Gasteiger partial charge in [0.2, 0.25) is 0 Å². The fourth-order valence-electron chi connectivity index (χ4n) is 3.61. The Labute approximate surface area is 223 Å². The molecule has 1 atom stereocenters. The number of hydrogen-bond donors (Lipinski definition) is 2. The van der Waals surface area contributed by atoms with Crippen molar-refractivity contribution < 1.29 is 17.9 Å². The van der Waals surface area contributed by atoms with Gasteiger partial charge in [-0.1, -0.05) is 56.3 Å². The molecule has 38 heavy (non-hydrogen) atoms. The Kier molecular flexibility index (Phi) is 8.37. The number of anilines is 1. The molecule has 0 saturated heterocycles. The Morgan fingerprint density at radius 2 is 1.79 bits per heavy atom. The SMILES string of the molecule is CCC(C)c1ccccc1NC(=S)N/N=C\c1ccc(-c2ncn(-c3ccc(OC(F)(F)F)cc3)n2)cc1. The van der Waals surface area contributed by atoms with Gasteiger partial charge in [-0.3, -0.25) is 5.43 Å². The highest BCUT2D eigenvalue weighted by molar-refractivity contribution is 7.80. The molecule has 3 aromatic carbocycles. The first-order valence-corrected chi connectivity index (χ1v) is 12.2. The van der Waals surface area contributed by atoms with E-state index >= 15 is 0 Å². The van der Waals surface area contributed by atoms with Crippen LogP contribution in [0.25, 0.3) is 17.1 Å². The van der Waals surface area contributed by atoms with E-state index in [0.29, 0.717) is 22.5 Å². The van der Waals surface area contributed by atoms with Crippen molar-refractivity contribution >= 4 is 29.2 Å². The summed E-state index contributed by atoms with van der Waals surface area (Å²) in [4.78, 5) is 4.29. The van der Waals surface area contributed by atoms with Gasteiger partial charge in [-0.15, -0.1) is 18.3 Å². The van der Waals surface area contributed by atoms with Crippen molar-refractivity contribution in [2.45, 2.75) is 32.5 Å². The lowest BCUT2D eigenvalue weighted by molar-refractivity contribution is -0.274. The largest absolute Gasteiger partial charge is 0.573 e. The zero-order chi connectivity index (χ0) is 27.1. The zero-order valence-corrected chi connectivity index (χ0v) is 21.4. The van der Waals surface area contributed by atoms with Crippen LogP contribution in [0.4, 0.5) is 18.9 Å². The smallest absolute Gasteiger partial charge is 0.406 e. The van der Waals surface area contributed by atoms with Crippen molar-refractivity contribution in [3.63, 3.8) is 0 Å². The Morgan fingerprint density at radius 1 is 1.08 bits per heavy atom. The number of rotatable bonds is 8. The first-order chi connectivity index (χ1) is 18.2. The first-order valence-electron chi connectivity index (χ1n) is 11.8. The molecule has 1 aromatic heterocycles. The van der Waals surface area contributed by atoms with Crippen LogP contribution in [0, 0.1) is 0 Å². The molecule has 0 amide bonds. The molecular formula is C27H25F3N6OS. The minimum absolute atomic E-state index is 0.305. The summed E-state index contributed by atoms with van der Waals surface area (Å²) in [6.45, 7) is 4.32. The van der Waals surface area contributed by atoms with Crippen LogP contribution < -0.4 is 15.5 Å². The number of nitrogens with zero attached hydrogens (tertiary/aromatic N) is 4. The number of hydrogen-bond acceptors (Lipinski definition) is 5. The van der Waals surface area contributed by atoms with Crippen molar-refractivity contribution in [1.82, 2.24) is 20.2 Å². The number of aromatic nitrogens is 3. The molecule has 4 aromatic rings. The number of hydrazone groups is 1. The van der Waals surface area contributed by atoms with E-state index in [0.717, 1.165) is 23.2 Å². The lowest BCUT2D eigenvalue weighted by atomic mass is 9.97. The average Bonchev–Trinajstić information content (AvgIpc) is 3.39. The van der Waals surface area contributed by atoms with E-state index in [4.69, 9.17) is 12.2 Å². The van der Waals surface area contributed by atoms with Gasteiger partial charge in [-0.25, -0.2) is 9.67 Å². The second kappa shape index (κ2) is 11.9. The van der Waals surface area contributed by atoms with Crippen LogP contribution in [0.3, 0.4) is 0 Å². The van der Waals surface area contributed by atoms with Gasteiger partial charge in [-0.05, 0) is 66.0 Å². The molecule has 0 aliphatic heterocycles. The standard InChI is InChI=1S/C27H25F3N6OS/c1-3-18(2)23-6-4-5-7-24(23)33-26(38)34-32-16-19-8-10-20(11-9-19)25-31-17-36(35-25)21-12-14-22(15-13-21)37-27(28,29)30/h4-18H,3H2,1-2H3,(H2,33,34,38)/b32-16-. The molecule has 0 radical (unpaired) electrons. The monoisotopic (exact) mass is 538 g/mol. The third-order valence-electron chi connectivity index (χ3n) is 5.73. The molecule has 4 rings (SSSR count). The predicted octanol–water partition coefficient (Wildman–Crippen LogP) is 6.67. The highest BCUT2D eigenvalue weighted by Gasteiger charge is 2.31. The van der Waals surface area contributed by atoms with Crippen molar-refractivity contribution in [1.29, 1.82) is 0 Å². The number of benzene rings is 3. The van der Waals surface area contributed by atoms with E-state index in [-0.39, 0.29) is 5.75 Å². The van der Waals surface area contributed by atoms with E-state index < -0.39 is 6.36 Å². The van der Waals surface area contributed by atoms with E-state index in [9.17, 15) is 13.2 Å². The van der Waals surface area contributed by atoms with Gasteiger partial charge >= 0.3 is 6.36 Å². The second-order valence-electron chi connectivity index (χ2n) is 8.40. The van der Waals surface area contributed by atoms with Gasteiger partial charge in [0.05, 0.1) is 11.9 Å². The molecule has 0 aliphatic carbocycles. The maximum atomic E-state index is 12.3. The topological polar surface area (TPSA) is 76.4 Å². The van der Waals surface area contributed by atoms with Crippen LogP contribution in [0.2, 0.25) is 0 Å². The Bertz CT molecular complexity index is 1400. The molecule has 1 heterocycles. The quantitative estimate of drug-likeness (QED) is 0.148. The molecule has 7 nitrogen and oxygen atoms in total. The second-order valence-corrected chi connectivity index (χ2v) is 8.81. The summed E-state index contributed by atoms with van der Waals surface area (Å²) >= 11 is 5.38. The molecule has 2 N–H and O–H groups in total. The van der Waals surface area contributed by atoms with Gasteiger partial charge in [0, 0.05) is 11.3 Å². The van der Waals surface area contributed by atoms with Crippen LogP contribution in [0.5, 0.6) is 5.75 Å². The summed E-state index contributed by atoms with van der Waals surface area (Å²) in [6, 6.07) is 20.8. The molecule has 0 aliphatic rings. The van der Waals surface area contributed by atoms with Crippen molar-refractivity contribution in [2.75, 3.05) is 5.32 Å². The number of nitrogens with one attached hydrogen (secondary N) is 2. The number of ether oxygens (including phenoxy) is 1. The maximum Gasteiger partial charge on any atom is 0.573 e. The Balaban J connectivity index is 1.34. The van der Waals surface area contributed by atoms with Gasteiger partial charge < -0.3 is 10.1 Å². The van der Waals surface area contributed by atoms with E-state index in [1.54, 1.807) is 6.21 Å². The third kappa shape index (κ3) is 7.16. The van der Waals surface area contributed by atoms with Gasteiger partial charge in [0.15, 0.2) is 10.9 Å². The normalized spacial score (nSPS) is 12.3. The number of thiocarbonyl (C=S) groups is 1. The van der Waals surface area contributed by atoms with Gasteiger partial charge in [-0.2, -0.15) is 5.10 Å². The molecular weight excluding hydrogens is 513 g/mol. The number of alkyl halides is 3. The van der Waals surface area contributed by atoms with Crippen LogP contribution in [-0.4, -0.2) is 32.5 Å². The molecule has 0 fully saturated rings. The molecule has 0 bridgehead atoms. The minimum atomic E-state index is -4.74. The first kappa shape index (κ1) is 26.8. The van der Waals surface area contributed by atoms with Gasteiger partial charge in [0.1, 0.15) is 12.1 Å². The van der Waals surface area contributed by atoms with Crippen LogP contribution in [0.1, 0.15) is 37.3 Å². The third-order valence-corrected chi connectivity index (χ3v) is 5.92.